The van der Waals surface area contributed by atoms with Gasteiger partial charge in [0, 0.05) is 51.5 Å². The Morgan fingerprint density at radius 3 is 2.84 bits per heavy atom. The lowest BCUT2D eigenvalue weighted by Gasteiger charge is -2.35. The molecular weight excluding hydrogens is 338 g/mol. The van der Waals surface area contributed by atoms with Gasteiger partial charge in [0.05, 0.1) is 13.0 Å². The highest BCUT2D eigenvalue weighted by Gasteiger charge is 2.28. The van der Waals surface area contributed by atoms with Crippen LogP contribution < -0.4 is 0 Å². The number of aliphatic imine (C=N–C) groups is 1. The van der Waals surface area contributed by atoms with Gasteiger partial charge in [-0.2, -0.15) is 5.10 Å². The number of rotatable bonds is 5. The molecule has 0 aromatic carbocycles. The molecule has 0 radical (unpaired) electrons. The van der Waals surface area contributed by atoms with Crippen molar-refractivity contribution in [2.45, 2.75) is 19.4 Å². The summed E-state index contributed by atoms with van der Waals surface area (Å²) in [6.45, 7) is 7.13. The van der Waals surface area contributed by atoms with Crippen molar-refractivity contribution in [2.75, 3.05) is 45.8 Å². The fourth-order valence-corrected chi connectivity index (χ4v) is 4.31. The van der Waals surface area contributed by atoms with Crippen LogP contribution in [0.25, 0.3) is 0 Å². The lowest BCUT2D eigenvalue weighted by molar-refractivity contribution is -0.132. The van der Waals surface area contributed by atoms with Gasteiger partial charge in [-0.1, -0.05) is 11.8 Å². The van der Waals surface area contributed by atoms with Crippen molar-refractivity contribution in [3.05, 3.63) is 23.8 Å². The van der Waals surface area contributed by atoms with Crippen LogP contribution in [0.5, 0.6) is 0 Å². The zero-order valence-electron chi connectivity index (χ0n) is 14.3. The molecule has 134 valence electrons. The number of piperazine rings is 1. The molecule has 1 fully saturated rings. The van der Waals surface area contributed by atoms with Crippen molar-refractivity contribution in [3.63, 3.8) is 0 Å². The molecule has 0 unspecified atom stereocenters. The number of thioether (sulfide) groups is 1. The van der Waals surface area contributed by atoms with E-state index in [0.29, 0.717) is 6.42 Å². The van der Waals surface area contributed by atoms with Crippen LogP contribution in [0.2, 0.25) is 0 Å². The summed E-state index contributed by atoms with van der Waals surface area (Å²) in [5.41, 5.74) is 1.11. The van der Waals surface area contributed by atoms with E-state index < -0.39 is 0 Å². The van der Waals surface area contributed by atoms with Crippen molar-refractivity contribution < 1.29 is 4.79 Å². The van der Waals surface area contributed by atoms with Gasteiger partial charge >= 0.3 is 0 Å². The first-order valence-corrected chi connectivity index (χ1v) is 9.68. The van der Waals surface area contributed by atoms with Crippen LogP contribution in [0.1, 0.15) is 12.8 Å². The summed E-state index contributed by atoms with van der Waals surface area (Å²) >= 11 is 1.65. The van der Waals surface area contributed by atoms with Gasteiger partial charge < -0.3 is 9.80 Å². The number of carbonyl (C=O) groups excluding carboxylic acids is 1. The summed E-state index contributed by atoms with van der Waals surface area (Å²) < 4.78 is 1.85. The van der Waals surface area contributed by atoms with Crippen LogP contribution in [-0.4, -0.2) is 86.4 Å². The molecule has 0 aliphatic carbocycles. The largest absolute Gasteiger partial charge is 0.340 e. The lowest BCUT2D eigenvalue weighted by Crippen LogP contribution is -2.49. The Labute approximate surface area is 151 Å². The Kier molecular flexibility index (Phi) is 5.02. The van der Waals surface area contributed by atoms with Gasteiger partial charge in [0.25, 0.3) is 0 Å². The van der Waals surface area contributed by atoms with Crippen LogP contribution in [-0.2, 0) is 11.3 Å². The summed E-state index contributed by atoms with van der Waals surface area (Å²) in [4.78, 5) is 27.7. The summed E-state index contributed by atoms with van der Waals surface area (Å²) in [6.07, 6.45) is 4.86. The van der Waals surface area contributed by atoms with Crippen molar-refractivity contribution in [1.29, 1.82) is 0 Å². The fourth-order valence-electron chi connectivity index (χ4n) is 3.35. The Morgan fingerprint density at radius 2 is 2.04 bits per heavy atom. The number of nitrogens with zero attached hydrogens (tertiary/aromatic N) is 7. The molecule has 0 N–H and O–H groups in total. The first kappa shape index (κ1) is 16.6. The molecule has 4 rings (SSSR count). The lowest BCUT2D eigenvalue weighted by atomic mass is 10.2. The van der Waals surface area contributed by atoms with E-state index in [1.54, 1.807) is 24.4 Å². The molecule has 3 aliphatic heterocycles. The Balaban J connectivity index is 1.23. The van der Waals surface area contributed by atoms with Gasteiger partial charge in [-0.05, 0) is 11.8 Å². The summed E-state index contributed by atoms with van der Waals surface area (Å²) in [5, 5.41) is 7.28. The Morgan fingerprint density at radius 1 is 1.16 bits per heavy atom. The molecule has 0 bridgehead atoms. The molecule has 25 heavy (non-hydrogen) atoms. The molecule has 0 atom stereocenters. The van der Waals surface area contributed by atoms with Crippen molar-refractivity contribution in [1.82, 2.24) is 29.5 Å². The van der Waals surface area contributed by atoms with Crippen molar-refractivity contribution >= 4 is 22.8 Å². The van der Waals surface area contributed by atoms with E-state index in [1.165, 1.54) is 0 Å². The van der Waals surface area contributed by atoms with Gasteiger partial charge in [0.1, 0.15) is 12.7 Å². The Bertz CT molecular complexity index is 664. The summed E-state index contributed by atoms with van der Waals surface area (Å²) in [5.74, 6) is 0.231. The highest BCUT2D eigenvalue weighted by molar-refractivity contribution is 8.16. The predicted octanol–water partition coefficient (Wildman–Crippen LogP) is 0.462. The molecule has 1 aromatic heterocycles. The first-order chi connectivity index (χ1) is 12.3. The number of fused-ring (bicyclic) bond motifs is 1. The molecule has 1 saturated heterocycles. The monoisotopic (exact) mass is 361 g/mol. The molecule has 1 aromatic rings. The van der Waals surface area contributed by atoms with Crippen LogP contribution in [0.4, 0.5) is 0 Å². The molecule has 0 spiro atoms. The second-order valence-electron chi connectivity index (χ2n) is 6.45. The standard InChI is InChI=1S/C16H23N7OS/c24-15(10-14-11-25-16-18-2-1-3-23(14)16)21-7-4-20(5-8-21)6-9-22-13-17-12-19-22/h11-13H,1-10H2. The van der Waals surface area contributed by atoms with Crippen LogP contribution in [0.3, 0.4) is 0 Å². The minimum Gasteiger partial charge on any atom is -0.340 e. The molecule has 9 heteroatoms. The fraction of sp³-hybridized carbons (Fsp3) is 0.625. The van der Waals surface area contributed by atoms with Gasteiger partial charge in [0.15, 0.2) is 5.17 Å². The molecule has 3 aliphatic rings. The number of hydrogen-bond acceptors (Lipinski definition) is 7. The maximum atomic E-state index is 12.6. The third kappa shape index (κ3) is 3.87. The quantitative estimate of drug-likeness (QED) is 0.759. The van der Waals surface area contributed by atoms with Crippen LogP contribution in [0, 0.1) is 0 Å². The average molecular weight is 361 g/mol. The zero-order chi connectivity index (χ0) is 17.1. The smallest absolute Gasteiger partial charge is 0.228 e. The number of amidine groups is 1. The van der Waals surface area contributed by atoms with Crippen molar-refractivity contribution in [2.24, 2.45) is 4.99 Å². The Hall–Kier alpha value is -1.87. The predicted molar refractivity (Wildman–Crippen MR) is 97.0 cm³/mol. The van der Waals surface area contributed by atoms with Gasteiger partial charge in [0.2, 0.25) is 5.91 Å². The maximum absolute atomic E-state index is 12.6. The number of hydrogen-bond donors (Lipinski definition) is 0. The second-order valence-corrected chi connectivity index (χ2v) is 7.29. The van der Waals surface area contributed by atoms with E-state index in [9.17, 15) is 4.79 Å². The minimum atomic E-state index is 0.231. The minimum absolute atomic E-state index is 0.231. The van der Waals surface area contributed by atoms with E-state index in [1.807, 2.05) is 9.58 Å². The third-order valence-corrected chi connectivity index (χ3v) is 5.78. The topological polar surface area (TPSA) is 69.9 Å². The van der Waals surface area contributed by atoms with Gasteiger partial charge in [-0.3, -0.25) is 19.4 Å². The van der Waals surface area contributed by atoms with Crippen LogP contribution in [0.15, 0.2) is 28.8 Å². The van der Waals surface area contributed by atoms with E-state index in [2.05, 4.69) is 30.3 Å². The molecular formula is C16H23N7OS. The van der Waals surface area contributed by atoms with Gasteiger partial charge in [-0.25, -0.2) is 4.98 Å². The molecule has 1 amide bonds. The number of carbonyl (C=O) groups is 1. The number of aromatic nitrogens is 3. The summed E-state index contributed by atoms with van der Waals surface area (Å²) in [6, 6.07) is 0. The van der Waals surface area contributed by atoms with E-state index in [4.69, 9.17) is 0 Å². The summed E-state index contributed by atoms with van der Waals surface area (Å²) in [7, 11) is 0. The van der Waals surface area contributed by atoms with E-state index in [-0.39, 0.29) is 5.91 Å². The highest BCUT2D eigenvalue weighted by atomic mass is 32.2. The first-order valence-electron chi connectivity index (χ1n) is 8.80. The van der Waals surface area contributed by atoms with Crippen LogP contribution >= 0.6 is 11.8 Å². The maximum Gasteiger partial charge on any atom is 0.228 e. The van der Waals surface area contributed by atoms with E-state index in [0.717, 1.165) is 69.6 Å². The third-order valence-electron chi connectivity index (χ3n) is 4.83. The highest BCUT2D eigenvalue weighted by Crippen LogP contribution is 2.30. The second kappa shape index (κ2) is 7.57. The normalized spacial score (nSPS) is 21.1. The zero-order valence-corrected chi connectivity index (χ0v) is 15.1. The molecule has 4 heterocycles. The van der Waals surface area contributed by atoms with Gasteiger partial charge in [-0.15, -0.1) is 0 Å². The SMILES string of the molecule is O=C(CC1=CSC2=NCCCN12)N1CCN(CCn2cncn2)CC1. The molecule has 8 nitrogen and oxygen atoms in total. The van der Waals surface area contributed by atoms with E-state index >= 15 is 0 Å². The molecule has 0 saturated carbocycles. The average Bonchev–Trinajstić information content (AvgIpc) is 3.31. The number of amides is 1. The van der Waals surface area contributed by atoms with Crippen molar-refractivity contribution in [3.8, 4) is 0 Å².